The van der Waals surface area contributed by atoms with E-state index < -0.39 is 12.1 Å². The highest BCUT2D eigenvalue weighted by atomic mass is 16.6. The fourth-order valence-corrected chi connectivity index (χ4v) is 2.14. The van der Waals surface area contributed by atoms with Crippen LogP contribution in [0.25, 0.3) is 0 Å². The summed E-state index contributed by atoms with van der Waals surface area (Å²) < 4.78 is 21.4. The average Bonchev–Trinajstić information content (AvgIpc) is 3.10. The quantitative estimate of drug-likeness (QED) is 0.539. The lowest BCUT2D eigenvalue weighted by Gasteiger charge is -2.15. The predicted octanol–water partition coefficient (Wildman–Crippen LogP) is 2.06. The van der Waals surface area contributed by atoms with E-state index in [9.17, 15) is 4.79 Å². The van der Waals surface area contributed by atoms with Gasteiger partial charge in [-0.15, -0.1) is 0 Å². The maximum atomic E-state index is 11.8. The minimum atomic E-state index is -0.617. The Labute approximate surface area is 135 Å². The van der Waals surface area contributed by atoms with Gasteiger partial charge in [-0.05, 0) is 44.0 Å². The maximum Gasteiger partial charge on any atom is 0.335 e. The molecule has 1 saturated heterocycles. The van der Waals surface area contributed by atoms with Crippen molar-refractivity contribution in [1.29, 1.82) is 5.26 Å². The number of benzene rings is 1. The van der Waals surface area contributed by atoms with E-state index in [1.165, 1.54) is 0 Å². The molecule has 1 aliphatic rings. The molecule has 2 rings (SSSR count). The molecule has 1 aromatic carbocycles. The molecule has 1 aromatic rings. The first-order valence-electron chi connectivity index (χ1n) is 7.72. The van der Waals surface area contributed by atoms with Crippen molar-refractivity contribution in [3.05, 3.63) is 29.8 Å². The highest BCUT2D eigenvalue weighted by Crippen LogP contribution is 2.13. The lowest BCUT2D eigenvalue weighted by molar-refractivity contribution is -0.158. The molecule has 2 unspecified atom stereocenters. The largest absolute Gasteiger partial charge is 0.490 e. The second-order valence-corrected chi connectivity index (χ2v) is 5.26. The molecule has 6 nitrogen and oxygen atoms in total. The van der Waals surface area contributed by atoms with Gasteiger partial charge in [0, 0.05) is 6.61 Å². The van der Waals surface area contributed by atoms with Crippen LogP contribution in [0, 0.1) is 11.3 Å². The van der Waals surface area contributed by atoms with Gasteiger partial charge in [0.25, 0.3) is 0 Å². The standard InChI is InChI=1S/C17H21NO5/c1-13(23-12-16-3-2-8-20-16)17(19)22-10-9-21-15-6-4-14(11-18)5-7-15/h4-7,13,16H,2-3,8-10,12H2,1H3. The number of nitrogens with zero attached hydrogens (tertiary/aromatic N) is 1. The van der Waals surface area contributed by atoms with E-state index in [1.807, 2.05) is 6.07 Å². The number of rotatable bonds is 8. The zero-order valence-electron chi connectivity index (χ0n) is 13.2. The predicted molar refractivity (Wildman–Crippen MR) is 82.0 cm³/mol. The molecule has 0 amide bonds. The fraction of sp³-hybridized carbons (Fsp3) is 0.529. The fourth-order valence-electron chi connectivity index (χ4n) is 2.14. The molecular weight excluding hydrogens is 298 g/mol. The second-order valence-electron chi connectivity index (χ2n) is 5.26. The molecule has 1 heterocycles. The van der Waals surface area contributed by atoms with Crippen LogP contribution in [-0.4, -0.2) is 44.6 Å². The zero-order chi connectivity index (χ0) is 16.5. The Hall–Kier alpha value is -2.10. The molecule has 2 atom stereocenters. The molecule has 0 radical (unpaired) electrons. The highest BCUT2D eigenvalue weighted by molar-refractivity contribution is 5.74. The molecule has 124 valence electrons. The average molecular weight is 319 g/mol. The summed E-state index contributed by atoms with van der Waals surface area (Å²) in [7, 11) is 0. The van der Waals surface area contributed by atoms with Crippen LogP contribution in [0.15, 0.2) is 24.3 Å². The van der Waals surface area contributed by atoms with E-state index in [-0.39, 0.29) is 19.3 Å². The van der Waals surface area contributed by atoms with E-state index in [1.54, 1.807) is 31.2 Å². The molecule has 23 heavy (non-hydrogen) atoms. The van der Waals surface area contributed by atoms with Gasteiger partial charge in [-0.3, -0.25) is 0 Å². The van der Waals surface area contributed by atoms with Crippen LogP contribution in [0.5, 0.6) is 5.75 Å². The molecule has 1 fully saturated rings. The summed E-state index contributed by atoms with van der Waals surface area (Å²) in [6.07, 6.45) is 1.48. The Kier molecular flexibility index (Phi) is 6.85. The zero-order valence-corrected chi connectivity index (χ0v) is 13.2. The van der Waals surface area contributed by atoms with Crippen LogP contribution in [-0.2, 0) is 19.0 Å². The van der Waals surface area contributed by atoms with Gasteiger partial charge in [0.05, 0.1) is 24.3 Å². The smallest absolute Gasteiger partial charge is 0.335 e. The maximum absolute atomic E-state index is 11.8. The van der Waals surface area contributed by atoms with Crippen molar-refractivity contribution in [1.82, 2.24) is 0 Å². The SMILES string of the molecule is CC(OCC1CCCO1)C(=O)OCCOc1ccc(C#N)cc1. The number of ether oxygens (including phenoxy) is 4. The van der Waals surface area contributed by atoms with Crippen molar-refractivity contribution < 1.29 is 23.7 Å². The Morgan fingerprint density at radius 3 is 2.83 bits per heavy atom. The summed E-state index contributed by atoms with van der Waals surface area (Å²) in [5.41, 5.74) is 0.570. The van der Waals surface area contributed by atoms with Crippen molar-refractivity contribution in [2.75, 3.05) is 26.4 Å². The number of esters is 1. The third kappa shape index (κ3) is 5.89. The van der Waals surface area contributed by atoms with Gasteiger partial charge in [0.1, 0.15) is 19.0 Å². The van der Waals surface area contributed by atoms with Crippen molar-refractivity contribution in [3.63, 3.8) is 0 Å². The lowest BCUT2D eigenvalue weighted by Crippen LogP contribution is -2.28. The number of carbonyl (C=O) groups is 1. The van der Waals surface area contributed by atoms with E-state index in [2.05, 4.69) is 0 Å². The van der Waals surface area contributed by atoms with E-state index in [4.69, 9.17) is 24.2 Å². The molecule has 0 aromatic heterocycles. The number of carbonyl (C=O) groups excluding carboxylic acids is 1. The van der Waals surface area contributed by atoms with Crippen molar-refractivity contribution in [2.24, 2.45) is 0 Å². The van der Waals surface area contributed by atoms with E-state index in [0.29, 0.717) is 17.9 Å². The Morgan fingerprint density at radius 1 is 1.39 bits per heavy atom. The van der Waals surface area contributed by atoms with Gasteiger partial charge in [0.15, 0.2) is 6.10 Å². The third-order valence-electron chi connectivity index (χ3n) is 3.47. The van der Waals surface area contributed by atoms with E-state index in [0.717, 1.165) is 19.4 Å². The van der Waals surface area contributed by atoms with Crippen LogP contribution >= 0.6 is 0 Å². The molecule has 0 spiro atoms. The summed E-state index contributed by atoms with van der Waals surface area (Å²) in [6, 6.07) is 8.78. The first-order chi connectivity index (χ1) is 11.2. The van der Waals surface area contributed by atoms with E-state index >= 15 is 0 Å². The van der Waals surface area contributed by atoms with Crippen LogP contribution in [0.1, 0.15) is 25.3 Å². The minimum Gasteiger partial charge on any atom is -0.490 e. The number of hydrogen-bond donors (Lipinski definition) is 0. The summed E-state index contributed by atoms with van der Waals surface area (Å²) in [6.45, 7) is 3.23. The molecule has 0 N–H and O–H groups in total. The number of nitriles is 1. The summed E-state index contributed by atoms with van der Waals surface area (Å²) >= 11 is 0. The molecule has 0 saturated carbocycles. The van der Waals surface area contributed by atoms with Gasteiger partial charge in [-0.25, -0.2) is 4.79 Å². The summed E-state index contributed by atoms with van der Waals surface area (Å²) in [4.78, 5) is 11.8. The molecule has 1 aliphatic heterocycles. The lowest BCUT2D eigenvalue weighted by atomic mass is 10.2. The van der Waals surface area contributed by atoms with Crippen molar-refractivity contribution in [3.8, 4) is 11.8 Å². The summed E-state index contributed by atoms with van der Waals surface area (Å²) in [5.74, 6) is 0.217. The van der Waals surface area contributed by atoms with Crippen LogP contribution < -0.4 is 4.74 Å². The minimum absolute atomic E-state index is 0.0879. The van der Waals surface area contributed by atoms with Crippen molar-refractivity contribution in [2.45, 2.75) is 32.0 Å². The topological polar surface area (TPSA) is 77.8 Å². The van der Waals surface area contributed by atoms with Gasteiger partial charge in [0.2, 0.25) is 0 Å². The van der Waals surface area contributed by atoms with Crippen LogP contribution in [0.3, 0.4) is 0 Å². The first kappa shape index (κ1) is 17.3. The van der Waals surface area contributed by atoms with Gasteiger partial charge in [-0.1, -0.05) is 0 Å². The van der Waals surface area contributed by atoms with Crippen LogP contribution in [0.4, 0.5) is 0 Å². The van der Waals surface area contributed by atoms with Crippen molar-refractivity contribution >= 4 is 5.97 Å². The molecule has 6 heteroatoms. The molecule has 0 bridgehead atoms. The summed E-state index contributed by atoms with van der Waals surface area (Å²) in [5, 5.41) is 8.70. The normalized spacial score (nSPS) is 18.2. The molecule has 0 aliphatic carbocycles. The molecular formula is C17H21NO5. The third-order valence-corrected chi connectivity index (χ3v) is 3.47. The monoisotopic (exact) mass is 319 g/mol. The van der Waals surface area contributed by atoms with Gasteiger partial charge < -0.3 is 18.9 Å². The second kappa shape index (κ2) is 9.13. The Morgan fingerprint density at radius 2 is 2.17 bits per heavy atom. The van der Waals surface area contributed by atoms with Gasteiger partial charge in [-0.2, -0.15) is 5.26 Å². The van der Waals surface area contributed by atoms with Gasteiger partial charge >= 0.3 is 5.97 Å². The first-order valence-corrected chi connectivity index (χ1v) is 7.72. The Balaban J connectivity index is 1.58. The Bertz CT molecular complexity index is 531. The number of hydrogen-bond acceptors (Lipinski definition) is 6. The van der Waals surface area contributed by atoms with Crippen LogP contribution in [0.2, 0.25) is 0 Å². The highest BCUT2D eigenvalue weighted by Gasteiger charge is 2.20.